The predicted molar refractivity (Wildman–Crippen MR) is 111 cm³/mol. The summed E-state index contributed by atoms with van der Waals surface area (Å²) in [5, 5.41) is 9.52. The molecule has 0 spiro atoms. The van der Waals surface area contributed by atoms with Gasteiger partial charge in [-0.1, -0.05) is 51.2 Å². The first-order valence-corrected chi connectivity index (χ1v) is 10.1. The number of esters is 1. The smallest absolute Gasteiger partial charge is 0.343 e. The third-order valence-corrected chi connectivity index (χ3v) is 4.77. The number of carbonyl (C=O) groups excluding carboxylic acids is 2. The van der Waals surface area contributed by atoms with E-state index in [0.717, 1.165) is 18.4 Å². The lowest BCUT2D eigenvalue weighted by Crippen LogP contribution is -2.09. The zero-order chi connectivity index (χ0) is 20.4. The van der Waals surface area contributed by atoms with Crippen molar-refractivity contribution in [3.8, 4) is 5.75 Å². The highest BCUT2D eigenvalue weighted by Gasteiger charge is 2.11. The second-order valence-corrected chi connectivity index (χ2v) is 7.15. The van der Waals surface area contributed by atoms with Gasteiger partial charge in [0.1, 0.15) is 5.75 Å². The van der Waals surface area contributed by atoms with Crippen LogP contribution in [0.5, 0.6) is 5.75 Å². The van der Waals surface area contributed by atoms with Crippen LogP contribution in [0.4, 0.5) is 0 Å². The van der Waals surface area contributed by atoms with Gasteiger partial charge in [-0.25, -0.2) is 4.79 Å². The number of aliphatic hydroxyl groups is 1. The van der Waals surface area contributed by atoms with E-state index >= 15 is 0 Å². The molecule has 28 heavy (non-hydrogen) atoms. The van der Waals surface area contributed by atoms with Crippen molar-refractivity contribution in [3.05, 3.63) is 65.2 Å². The standard InChI is InChI=1S/C24H30O4/c1-3-4-5-6-7-8-9-23(26)20-14-16-22(17-15-20)28-24(27)21-12-10-19(11-13-21)18(2)25/h10-18,25H,3-9H2,1-2H3. The second kappa shape index (κ2) is 11.4. The maximum atomic E-state index is 12.2. The van der Waals surface area contributed by atoms with E-state index in [1.54, 1.807) is 55.5 Å². The topological polar surface area (TPSA) is 63.6 Å². The summed E-state index contributed by atoms with van der Waals surface area (Å²) in [7, 11) is 0. The zero-order valence-corrected chi connectivity index (χ0v) is 16.8. The van der Waals surface area contributed by atoms with Crippen molar-refractivity contribution in [1.29, 1.82) is 0 Å². The maximum absolute atomic E-state index is 12.2. The Morgan fingerprint density at radius 2 is 1.43 bits per heavy atom. The number of unbranched alkanes of at least 4 members (excludes halogenated alkanes) is 5. The summed E-state index contributed by atoms with van der Waals surface area (Å²) >= 11 is 0. The summed E-state index contributed by atoms with van der Waals surface area (Å²) in [5.74, 6) is 0.0612. The first-order chi connectivity index (χ1) is 13.5. The van der Waals surface area contributed by atoms with E-state index in [1.807, 2.05) is 0 Å². The van der Waals surface area contributed by atoms with Crippen molar-refractivity contribution in [3.63, 3.8) is 0 Å². The molecule has 0 bridgehead atoms. The quantitative estimate of drug-likeness (QED) is 0.228. The number of ether oxygens (including phenoxy) is 1. The van der Waals surface area contributed by atoms with Crippen LogP contribution in [0.2, 0.25) is 0 Å². The number of benzene rings is 2. The van der Waals surface area contributed by atoms with E-state index in [9.17, 15) is 14.7 Å². The molecule has 4 nitrogen and oxygen atoms in total. The van der Waals surface area contributed by atoms with Gasteiger partial charge in [-0.15, -0.1) is 0 Å². The minimum absolute atomic E-state index is 0.127. The Labute approximate surface area is 167 Å². The van der Waals surface area contributed by atoms with Crippen molar-refractivity contribution < 1.29 is 19.4 Å². The van der Waals surface area contributed by atoms with Gasteiger partial charge in [-0.3, -0.25) is 4.79 Å². The Hall–Kier alpha value is -2.46. The van der Waals surface area contributed by atoms with Crippen LogP contribution in [0.15, 0.2) is 48.5 Å². The van der Waals surface area contributed by atoms with E-state index in [2.05, 4.69) is 6.92 Å². The van der Waals surface area contributed by atoms with E-state index in [0.29, 0.717) is 23.3 Å². The molecular formula is C24H30O4. The number of aliphatic hydroxyl groups excluding tert-OH is 1. The monoisotopic (exact) mass is 382 g/mol. The number of hydrogen-bond acceptors (Lipinski definition) is 4. The average Bonchev–Trinajstić information content (AvgIpc) is 2.71. The summed E-state index contributed by atoms with van der Waals surface area (Å²) in [6.45, 7) is 3.86. The Bertz CT molecular complexity index is 745. The molecule has 0 radical (unpaired) electrons. The SMILES string of the molecule is CCCCCCCCC(=O)c1ccc(OC(=O)c2ccc(C(C)O)cc2)cc1. The minimum Gasteiger partial charge on any atom is -0.423 e. The van der Waals surface area contributed by atoms with Gasteiger partial charge in [-0.2, -0.15) is 0 Å². The molecule has 1 unspecified atom stereocenters. The normalized spacial score (nSPS) is 11.8. The fourth-order valence-corrected chi connectivity index (χ4v) is 2.98. The maximum Gasteiger partial charge on any atom is 0.343 e. The third kappa shape index (κ3) is 6.93. The summed E-state index contributed by atoms with van der Waals surface area (Å²) in [5.41, 5.74) is 1.80. The Balaban J connectivity index is 1.83. The van der Waals surface area contributed by atoms with E-state index in [1.165, 1.54) is 25.7 Å². The molecule has 0 saturated heterocycles. The Morgan fingerprint density at radius 3 is 2.04 bits per heavy atom. The Morgan fingerprint density at radius 1 is 0.857 bits per heavy atom. The van der Waals surface area contributed by atoms with Crippen molar-refractivity contribution in [2.24, 2.45) is 0 Å². The number of ketones is 1. The third-order valence-electron chi connectivity index (χ3n) is 4.77. The summed E-state index contributed by atoms with van der Waals surface area (Å²) in [6.07, 6.45) is 6.91. The lowest BCUT2D eigenvalue weighted by Gasteiger charge is -2.08. The minimum atomic E-state index is -0.577. The average molecular weight is 383 g/mol. The molecule has 1 atom stereocenters. The van der Waals surface area contributed by atoms with Gasteiger partial charge in [0.05, 0.1) is 11.7 Å². The van der Waals surface area contributed by atoms with Crippen molar-refractivity contribution >= 4 is 11.8 Å². The molecule has 0 amide bonds. The lowest BCUT2D eigenvalue weighted by atomic mass is 10.0. The highest BCUT2D eigenvalue weighted by atomic mass is 16.5. The van der Waals surface area contributed by atoms with E-state index < -0.39 is 12.1 Å². The van der Waals surface area contributed by atoms with Crippen LogP contribution in [0.1, 0.15) is 91.2 Å². The van der Waals surface area contributed by atoms with Crippen LogP contribution in [-0.4, -0.2) is 16.9 Å². The largest absolute Gasteiger partial charge is 0.423 e. The number of hydrogen-bond donors (Lipinski definition) is 1. The van der Waals surface area contributed by atoms with Gasteiger partial charge in [-0.05, 0) is 55.3 Å². The summed E-state index contributed by atoms with van der Waals surface area (Å²) < 4.78 is 5.36. The molecule has 0 fully saturated rings. The second-order valence-electron chi connectivity index (χ2n) is 7.15. The van der Waals surface area contributed by atoms with Gasteiger partial charge < -0.3 is 9.84 Å². The van der Waals surface area contributed by atoms with Crippen LogP contribution in [0.25, 0.3) is 0 Å². The van der Waals surface area contributed by atoms with Crippen LogP contribution in [0, 0.1) is 0 Å². The molecule has 1 N–H and O–H groups in total. The first-order valence-electron chi connectivity index (χ1n) is 10.1. The predicted octanol–water partition coefficient (Wildman–Crippen LogP) is 5.89. The van der Waals surface area contributed by atoms with Crippen LogP contribution >= 0.6 is 0 Å². The molecule has 0 aliphatic heterocycles. The van der Waals surface area contributed by atoms with Crippen LogP contribution in [-0.2, 0) is 0 Å². The van der Waals surface area contributed by atoms with Crippen molar-refractivity contribution in [1.82, 2.24) is 0 Å². The molecule has 0 aliphatic carbocycles. The van der Waals surface area contributed by atoms with Crippen molar-refractivity contribution in [2.75, 3.05) is 0 Å². The van der Waals surface area contributed by atoms with Crippen LogP contribution in [0.3, 0.4) is 0 Å². The first kappa shape index (κ1) is 21.8. The molecule has 0 aromatic heterocycles. The molecule has 2 aromatic rings. The number of rotatable bonds is 11. The van der Waals surface area contributed by atoms with Gasteiger partial charge in [0.15, 0.2) is 5.78 Å². The van der Waals surface area contributed by atoms with Gasteiger partial charge in [0.2, 0.25) is 0 Å². The molecule has 4 heteroatoms. The molecule has 2 aromatic carbocycles. The summed E-state index contributed by atoms with van der Waals surface area (Å²) in [4.78, 5) is 24.5. The molecular weight excluding hydrogens is 352 g/mol. The van der Waals surface area contributed by atoms with Gasteiger partial charge >= 0.3 is 5.97 Å². The van der Waals surface area contributed by atoms with E-state index in [4.69, 9.17) is 4.74 Å². The molecule has 0 heterocycles. The van der Waals surface area contributed by atoms with Crippen molar-refractivity contribution in [2.45, 2.75) is 64.9 Å². The van der Waals surface area contributed by atoms with Gasteiger partial charge in [0, 0.05) is 12.0 Å². The Kier molecular flexibility index (Phi) is 8.89. The molecule has 150 valence electrons. The highest BCUT2D eigenvalue weighted by molar-refractivity contribution is 5.96. The summed E-state index contributed by atoms with van der Waals surface area (Å²) in [6, 6.07) is 13.4. The molecule has 0 aliphatic rings. The lowest BCUT2D eigenvalue weighted by molar-refractivity contribution is 0.0734. The fraction of sp³-hybridized carbons (Fsp3) is 0.417. The van der Waals surface area contributed by atoms with Crippen LogP contribution < -0.4 is 4.74 Å². The zero-order valence-electron chi connectivity index (χ0n) is 16.8. The number of Topliss-reactive ketones (excluding diaryl/α,β-unsaturated/α-hetero) is 1. The fourth-order valence-electron chi connectivity index (χ4n) is 2.98. The molecule has 2 rings (SSSR count). The number of carbonyl (C=O) groups is 2. The highest BCUT2D eigenvalue weighted by Crippen LogP contribution is 2.18. The van der Waals surface area contributed by atoms with E-state index in [-0.39, 0.29) is 5.78 Å². The van der Waals surface area contributed by atoms with Gasteiger partial charge in [0.25, 0.3) is 0 Å². The molecule has 0 saturated carbocycles.